The van der Waals surface area contributed by atoms with Gasteiger partial charge in [-0.3, -0.25) is 0 Å². The summed E-state index contributed by atoms with van der Waals surface area (Å²) in [5.74, 6) is -0.762. The fourth-order valence-corrected chi connectivity index (χ4v) is 3.46. The predicted molar refractivity (Wildman–Crippen MR) is 114 cm³/mol. The second kappa shape index (κ2) is 9.88. The first-order valence-electron chi connectivity index (χ1n) is 9.90. The Hall–Kier alpha value is -3.99. The van der Waals surface area contributed by atoms with E-state index in [4.69, 9.17) is 24.7 Å². The number of nitriles is 1. The van der Waals surface area contributed by atoms with Crippen LogP contribution in [0, 0.1) is 17.1 Å². The molecule has 0 fully saturated rings. The third kappa shape index (κ3) is 4.67. The molecular formula is C24H23FN2O5. The molecule has 0 radical (unpaired) electrons. The van der Waals surface area contributed by atoms with Gasteiger partial charge in [-0.2, -0.15) is 5.26 Å². The topological polar surface area (TPSA) is 104 Å². The van der Waals surface area contributed by atoms with Gasteiger partial charge in [0.15, 0.2) is 11.5 Å². The largest absolute Gasteiger partial charge is 0.493 e. The number of nitrogens with two attached hydrogens (primary N) is 1. The van der Waals surface area contributed by atoms with Crippen LogP contribution in [0.5, 0.6) is 11.5 Å². The smallest absolute Gasteiger partial charge is 0.338 e. The van der Waals surface area contributed by atoms with Crippen LogP contribution >= 0.6 is 0 Å². The Balaban J connectivity index is 1.98. The van der Waals surface area contributed by atoms with Gasteiger partial charge in [-0.25, -0.2) is 9.18 Å². The molecule has 166 valence electrons. The van der Waals surface area contributed by atoms with Crippen LogP contribution in [0.4, 0.5) is 4.39 Å². The van der Waals surface area contributed by atoms with E-state index in [1.807, 2.05) is 6.07 Å². The van der Waals surface area contributed by atoms with Gasteiger partial charge in [-0.15, -0.1) is 0 Å². The van der Waals surface area contributed by atoms with Crippen molar-refractivity contribution < 1.29 is 28.1 Å². The number of methoxy groups -OCH3 is 1. The van der Waals surface area contributed by atoms with Gasteiger partial charge >= 0.3 is 5.97 Å². The van der Waals surface area contributed by atoms with E-state index in [1.165, 1.54) is 19.2 Å². The standard InChI is InChI=1S/C24H23FN2O5/c1-4-30-24(28)21-14(2)32-23(27)18(12-26)22(21)16-8-9-19(20(11-16)29-3)31-13-15-6-5-7-17(25)10-15/h5-11,22H,4,13,27H2,1-3H3. The summed E-state index contributed by atoms with van der Waals surface area (Å²) < 4.78 is 35.3. The zero-order valence-electron chi connectivity index (χ0n) is 18.0. The van der Waals surface area contributed by atoms with Crippen molar-refractivity contribution in [2.75, 3.05) is 13.7 Å². The van der Waals surface area contributed by atoms with E-state index in [-0.39, 0.29) is 41.8 Å². The van der Waals surface area contributed by atoms with Crippen LogP contribution in [0.2, 0.25) is 0 Å². The van der Waals surface area contributed by atoms with Crippen molar-refractivity contribution in [3.8, 4) is 17.6 Å². The summed E-state index contributed by atoms with van der Waals surface area (Å²) in [6.07, 6.45) is 0. The number of hydrogen-bond acceptors (Lipinski definition) is 7. The molecule has 1 aliphatic rings. The second-order valence-corrected chi connectivity index (χ2v) is 6.94. The van der Waals surface area contributed by atoms with E-state index < -0.39 is 11.9 Å². The predicted octanol–water partition coefficient (Wildman–Crippen LogP) is 4.06. The van der Waals surface area contributed by atoms with Crippen molar-refractivity contribution in [2.45, 2.75) is 26.4 Å². The van der Waals surface area contributed by atoms with Gasteiger partial charge in [0.1, 0.15) is 29.8 Å². The van der Waals surface area contributed by atoms with Crippen LogP contribution in [-0.4, -0.2) is 19.7 Å². The molecule has 7 nitrogen and oxygen atoms in total. The van der Waals surface area contributed by atoms with E-state index in [9.17, 15) is 14.4 Å². The van der Waals surface area contributed by atoms with E-state index in [0.717, 1.165) is 0 Å². The maximum Gasteiger partial charge on any atom is 0.338 e. The lowest BCUT2D eigenvalue weighted by Gasteiger charge is -2.27. The molecule has 0 amide bonds. The lowest BCUT2D eigenvalue weighted by Crippen LogP contribution is -2.25. The first kappa shape index (κ1) is 22.7. The van der Waals surface area contributed by atoms with E-state index in [2.05, 4.69) is 0 Å². The Morgan fingerprint density at radius 3 is 2.69 bits per heavy atom. The Morgan fingerprint density at radius 2 is 2.03 bits per heavy atom. The fourth-order valence-electron chi connectivity index (χ4n) is 3.46. The number of allylic oxidation sites excluding steroid dienone is 2. The Labute approximate surface area is 185 Å². The summed E-state index contributed by atoms with van der Waals surface area (Å²) in [6.45, 7) is 3.58. The number of ether oxygens (including phenoxy) is 4. The molecule has 1 unspecified atom stereocenters. The molecule has 2 aromatic rings. The van der Waals surface area contributed by atoms with Gasteiger partial charge in [0.05, 0.1) is 25.2 Å². The van der Waals surface area contributed by atoms with E-state index in [1.54, 1.807) is 44.2 Å². The highest BCUT2D eigenvalue weighted by atomic mass is 19.1. The van der Waals surface area contributed by atoms with Gasteiger partial charge in [0.25, 0.3) is 0 Å². The van der Waals surface area contributed by atoms with Crippen molar-refractivity contribution in [3.05, 3.63) is 82.2 Å². The molecule has 8 heteroatoms. The van der Waals surface area contributed by atoms with Crippen molar-refractivity contribution >= 4 is 5.97 Å². The van der Waals surface area contributed by atoms with Gasteiger partial charge < -0.3 is 24.7 Å². The Morgan fingerprint density at radius 1 is 1.25 bits per heavy atom. The maximum atomic E-state index is 13.4. The molecule has 1 heterocycles. The minimum atomic E-state index is -0.793. The number of benzene rings is 2. The number of halogens is 1. The first-order valence-corrected chi connectivity index (χ1v) is 9.90. The zero-order chi connectivity index (χ0) is 23.3. The van der Waals surface area contributed by atoms with Crippen LogP contribution in [0.1, 0.15) is 30.9 Å². The van der Waals surface area contributed by atoms with E-state index in [0.29, 0.717) is 22.6 Å². The Bertz CT molecular complexity index is 1130. The van der Waals surface area contributed by atoms with Crippen LogP contribution in [-0.2, 0) is 20.9 Å². The van der Waals surface area contributed by atoms with Crippen LogP contribution in [0.3, 0.4) is 0 Å². The van der Waals surface area contributed by atoms with Gasteiger partial charge in [-0.1, -0.05) is 18.2 Å². The maximum absolute atomic E-state index is 13.4. The van der Waals surface area contributed by atoms with Crippen LogP contribution in [0.15, 0.2) is 65.3 Å². The fraction of sp³-hybridized carbons (Fsp3) is 0.250. The molecule has 2 aromatic carbocycles. The normalized spacial score (nSPS) is 15.7. The average Bonchev–Trinajstić information content (AvgIpc) is 2.77. The third-order valence-corrected chi connectivity index (χ3v) is 4.91. The molecule has 1 atom stereocenters. The van der Waals surface area contributed by atoms with Crippen molar-refractivity contribution in [1.29, 1.82) is 5.26 Å². The highest BCUT2D eigenvalue weighted by Crippen LogP contribution is 2.42. The number of carbonyl (C=O) groups is 1. The highest BCUT2D eigenvalue weighted by molar-refractivity contribution is 5.92. The second-order valence-electron chi connectivity index (χ2n) is 6.94. The van der Waals surface area contributed by atoms with Gasteiger partial charge in [0, 0.05) is 0 Å². The molecule has 0 aliphatic carbocycles. The van der Waals surface area contributed by atoms with Crippen molar-refractivity contribution in [2.24, 2.45) is 5.73 Å². The monoisotopic (exact) mass is 438 g/mol. The molecule has 1 aliphatic heterocycles. The minimum Gasteiger partial charge on any atom is -0.493 e. The molecule has 3 rings (SSSR count). The molecule has 0 saturated heterocycles. The molecule has 0 bridgehead atoms. The molecule has 2 N–H and O–H groups in total. The number of carbonyl (C=O) groups excluding carboxylic acids is 1. The molecule has 0 spiro atoms. The summed E-state index contributed by atoms with van der Waals surface area (Å²) in [6, 6.07) is 13.1. The van der Waals surface area contributed by atoms with Crippen LogP contribution < -0.4 is 15.2 Å². The molecule has 32 heavy (non-hydrogen) atoms. The number of hydrogen-bond donors (Lipinski definition) is 1. The SMILES string of the molecule is CCOC(=O)C1=C(C)OC(N)=C(C#N)C1c1ccc(OCc2cccc(F)c2)c(OC)c1. The van der Waals surface area contributed by atoms with E-state index >= 15 is 0 Å². The van der Waals surface area contributed by atoms with Gasteiger partial charge in [0.2, 0.25) is 5.88 Å². The minimum absolute atomic E-state index is 0.0755. The summed E-state index contributed by atoms with van der Waals surface area (Å²) in [7, 11) is 1.47. The Kier molecular flexibility index (Phi) is 7.00. The van der Waals surface area contributed by atoms with Crippen molar-refractivity contribution in [1.82, 2.24) is 0 Å². The van der Waals surface area contributed by atoms with Gasteiger partial charge in [-0.05, 0) is 49.2 Å². The lowest BCUT2D eigenvalue weighted by atomic mass is 9.83. The summed E-state index contributed by atoms with van der Waals surface area (Å²) in [5.41, 5.74) is 7.44. The number of nitrogens with zero attached hydrogens (tertiary/aromatic N) is 1. The van der Waals surface area contributed by atoms with Crippen molar-refractivity contribution in [3.63, 3.8) is 0 Å². The summed E-state index contributed by atoms with van der Waals surface area (Å²) in [4.78, 5) is 12.6. The molecule has 0 saturated carbocycles. The zero-order valence-corrected chi connectivity index (χ0v) is 18.0. The first-order chi connectivity index (χ1) is 15.4. The number of esters is 1. The molecule has 0 aromatic heterocycles. The lowest BCUT2D eigenvalue weighted by molar-refractivity contribution is -0.139. The average molecular weight is 438 g/mol. The number of rotatable bonds is 7. The summed E-state index contributed by atoms with van der Waals surface area (Å²) in [5, 5.41) is 9.69. The molecular weight excluding hydrogens is 415 g/mol. The quantitative estimate of drug-likeness (QED) is 0.650. The van der Waals surface area contributed by atoms with Crippen LogP contribution in [0.25, 0.3) is 0 Å². The summed E-state index contributed by atoms with van der Waals surface area (Å²) >= 11 is 0. The highest BCUT2D eigenvalue weighted by Gasteiger charge is 2.36. The third-order valence-electron chi connectivity index (χ3n) is 4.91.